The van der Waals surface area contributed by atoms with Crippen LogP contribution in [0.4, 0.5) is 10.5 Å². The van der Waals surface area contributed by atoms with Crippen molar-refractivity contribution >= 4 is 23.3 Å². The Hall–Kier alpha value is -1.77. The molecule has 2 saturated heterocycles. The van der Waals surface area contributed by atoms with Crippen LogP contribution < -0.4 is 10.2 Å². The maximum atomic E-state index is 12.6. The molecule has 110 valence electrons. The number of halogens is 1. The Morgan fingerprint density at radius 2 is 2.24 bits per heavy atom. The Balaban J connectivity index is 1.95. The molecule has 5 nitrogen and oxygen atoms in total. The Morgan fingerprint density at radius 1 is 1.48 bits per heavy atom. The highest BCUT2D eigenvalue weighted by Gasteiger charge is 2.45. The monoisotopic (exact) mass is 304 g/mol. The molecule has 0 aromatic heterocycles. The molecule has 0 bridgehead atoms. The molecule has 2 heterocycles. The highest BCUT2D eigenvalue weighted by Crippen LogP contribution is 2.35. The quantitative estimate of drug-likeness (QED) is 0.910. The van der Waals surface area contributed by atoms with E-state index in [1.54, 1.807) is 11.0 Å². The predicted molar refractivity (Wildman–Crippen MR) is 81.6 cm³/mol. The number of nitrogens with one attached hydrogen (secondary N) is 1. The van der Waals surface area contributed by atoms with E-state index in [2.05, 4.69) is 11.4 Å². The Bertz CT molecular complexity index is 639. The number of benzene rings is 1. The summed E-state index contributed by atoms with van der Waals surface area (Å²) in [5.41, 5.74) is 2.03. The van der Waals surface area contributed by atoms with E-state index in [1.807, 2.05) is 24.9 Å². The van der Waals surface area contributed by atoms with Crippen LogP contribution in [-0.2, 0) is 0 Å². The van der Waals surface area contributed by atoms with Crippen molar-refractivity contribution in [2.75, 3.05) is 25.0 Å². The second-order valence-corrected chi connectivity index (χ2v) is 5.90. The first-order valence-electron chi connectivity index (χ1n) is 7.03. The lowest BCUT2D eigenvalue weighted by Gasteiger charge is -2.21. The second kappa shape index (κ2) is 5.21. The Labute approximate surface area is 129 Å². The number of hydrogen-bond donors (Lipinski definition) is 1. The zero-order valence-electron chi connectivity index (χ0n) is 12.1. The van der Waals surface area contributed by atoms with Gasteiger partial charge in [0, 0.05) is 24.8 Å². The van der Waals surface area contributed by atoms with E-state index in [0.717, 1.165) is 24.2 Å². The number of anilines is 1. The fourth-order valence-corrected chi connectivity index (χ4v) is 3.53. The largest absolute Gasteiger partial charge is 0.324 e. The Morgan fingerprint density at radius 3 is 2.90 bits per heavy atom. The van der Waals surface area contributed by atoms with Gasteiger partial charge in [-0.25, -0.2) is 4.79 Å². The van der Waals surface area contributed by atoms with Crippen LogP contribution in [0.25, 0.3) is 0 Å². The van der Waals surface area contributed by atoms with Gasteiger partial charge in [0.2, 0.25) is 0 Å². The summed E-state index contributed by atoms with van der Waals surface area (Å²) in [7, 11) is 1.94. The first-order chi connectivity index (χ1) is 10.1. The molecule has 2 fully saturated rings. The highest BCUT2D eigenvalue weighted by molar-refractivity contribution is 6.33. The molecule has 2 atom stereocenters. The fraction of sp³-hybridized carbons (Fsp3) is 0.467. The van der Waals surface area contributed by atoms with Crippen molar-refractivity contribution in [2.24, 2.45) is 0 Å². The zero-order chi connectivity index (χ0) is 15.1. The number of carbonyl (C=O) groups excluding carboxylic acids is 1. The van der Waals surface area contributed by atoms with Crippen LogP contribution in [0.5, 0.6) is 0 Å². The van der Waals surface area contributed by atoms with Crippen molar-refractivity contribution in [3.05, 3.63) is 28.3 Å². The standard InChI is InChI=1S/C15H17ClN4O/c1-9-12(4-3-10(7-17)14(9)16)20-8-13-11(18-2)5-6-19(13)15(20)21/h3-4,11,13,18H,5-6,8H2,1-2H3/t11-,13?/m1/s1. The minimum Gasteiger partial charge on any atom is -0.318 e. The topological polar surface area (TPSA) is 59.4 Å². The highest BCUT2D eigenvalue weighted by atomic mass is 35.5. The number of likely N-dealkylation sites (N-methyl/N-ethyl adjacent to an activating group) is 1. The number of hydrogen-bond acceptors (Lipinski definition) is 3. The SMILES string of the molecule is CN[C@@H]1CCN2C(=O)N(c3ccc(C#N)c(Cl)c3C)CC12. The molecule has 6 heteroatoms. The molecule has 0 spiro atoms. The van der Waals surface area contributed by atoms with Gasteiger partial charge < -0.3 is 10.2 Å². The van der Waals surface area contributed by atoms with Crippen LogP contribution in [0.15, 0.2) is 12.1 Å². The van der Waals surface area contributed by atoms with Crippen LogP contribution in [0, 0.1) is 18.3 Å². The summed E-state index contributed by atoms with van der Waals surface area (Å²) in [6.45, 7) is 3.30. The van der Waals surface area contributed by atoms with Crippen molar-refractivity contribution in [2.45, 2.75) is 25.4 Å². The molecule has 1 aromatic carbocycles. The molecule has 2 amide bonds. The third-order valence-electron chi connectivity index (χ3n) is 4.53. The van der Waals surface area contributed by atoms with Gasteiger partial charge in [0.15, 0.2) is 0 Å². The molecule has 21 heavy (non-hydrogen) atoms. The molecular weight excluding hydrogens is 288 g/mol. The van der Waals surface area contributed by atoms with Crippen LogP contribution in [0.1, 0.15) is 17.5 Å². The maximum absolute atomic E-state index is 12.6. The number of fused-ring (bicyclic) bond motifs is 1. The molecule has 1 unspecified atom stereocenters. The van der Waals surface area contributed by atoms with Crippen molar-refractivity contribution < 1.29 is 4.79 Å². The fourth-order valence-electron chi connectivity index (χ4n) is 3.33. The minimum atomic E-state index is 0.0293. The van der Waals surface area contributed by atoms with E-state index < -0.39 is 0 Å². The van der Waals surface area contributed by atoms with E-state index in [9.17, 15) is 4.79 Å². The molecule has 1 N–H and O–H groups in total. The summed E-state index contributed by atoms with van der Waals surface area (Å²) in [6.07, 6.45) is 0.994. The molecule has 1 aromatic rings. The first kappa shape index (κ1) is 14.2. The lowest BCUT2D eigenvalue weighted by Crippen LogP contribution is -2.39. The second-order valence-electron chi connectivity index (χ2n) is 5.52. The van der Waals surface area contributed by atoms with Gasteiger partial charge >= 0.3 is 6.03 Å². The van der Waals surface area contributed by atoms with Crippen LogP contribution >= 0.6 is 11.6 Å². The average molecular weight is 305 g/mol. The lowest BCUT2D eigenvalue weighted by atomic mass is 10.1. The van der Waals surface area contributed by atoms with Crippen molar-refractivity contribution in [3.8, 4) is 6.07 Å². The lowest BCUT2D eigenvalue weighted by molar-refractivity contribution is 0.217. The van der Waals surface area contributed by atoms with E-state index in [-0.39, 0.29) is 12.1 Å². The van der Waals surface area contributed by atoms with E-state index >= 15 is 0 Å². The smallest absolute Gasteiger partial charge is 0.318 e. The van der Waals surface area contributed by atoms with Gasteiger partial charge in [-0.2, -0.15) is 5.26 Å². The van der Waals surface area contributed by atoms with Crippen molar-refractivity contribution in [1.82, 2.24) is 10.2 Å². The first-order valence-corrected chi connectivity index (χ1v) is 7.41. The van der Waals surface area contributed by atoms with Crippen LogP contribution in [0.3, 0.4) is 0 Å². The number of nitrogens with zero attached hydrogens (tertiary/aromatic N) is 3. The van der Waals surface area contributed by atoms with Gasteiger partial charge in [-0.15, -0.1) is 0 Å². The van der Waals surface area contributed by atoms with Gasteiger partial charge in [0.1, 0.15) is 6.07 Å². The number of carbonyl (C=O) groups is 1. The zero-order valence-corrected chi connectivity index (χ0v) is 12.8. The summed E-state index contributed by atoms with van der Waals surface area (Å²) in [5.74, 6) is 0. The summed E-state index contributed by atoms with van der Waals surface area (Å²) < 4.78 is 0. The number of rotatable bonds is 2. The van der Waals surface area contributed by atoms with E-state index in [0.29, 0.717) is 23.2 Å². The molecular formula is C15H17ClN4O. The summed E-state index contributed by atoms with van der Waals surface area (Å²) >= 11 is 6.21. The predicted octanol–water partition coefficient (Wildman–Crippen LogP) is 2.12. The third-order valence-corrected chi connectivity index (χ3v) is 5.02. The average Bonchev–Trinajstić information content (AvgIpc) is 3.02. The third kappa shape index (κ3) is 2.06. The number of nitriles is 1. The molecule has 0 radical (unpaired) electrons. The van der Waals surface area contributed by atoms with E-state index in [1.165, 1.54) is 0 Å². The van der Waals surface area contributed by atoms with Crippen LogP contribution in [-0.4, -0.2) is 43.2 Å². The normalized spacial score (nSPS) is 24.4. The molecule has 0 aliphatic carbocycles. The number of urea groups is 1. The van der Waals surface area contributed by atoms with Gasteiger partial charge in [-0.05, 0) is 38.1 Å². The van der Waals surface area contributed by atoms with Crippen molar-refractivity contribution in [1.29, 1.82) is 5.26 Å². The van der Waals surface area contributed by atoms with Gasteiger partial charge in [0.25, 0.3) is 0 Å². The molecule has 0 saturated carbocycles. The van der Waals surface area contributed by atoms with Crippen LogP contribution in [0.2, 0.25) is 5.02 Å². The van der Waals surface area contributed by atoms with Gasteiger partial charge in [0.05, 0.1) is 16.6 Å². The molecule has 3 rings (SSSR count). The minimum absolute atomic E-state index is 0.0293. The van der Waals surface area contributed by atoms with E-state index in [4.69, 9.17) is 16.9 Å². The molecule has 2 aliphatic heterocycles. The van der Waals surface area contributed by atoms with Gasteiger partial charge in [-0.3, -0.25) is 4.90 Å². The summed E-state index contributed by atoms with van der Waals surface area (Å²) in [6, 6.07) is 6.13. The summed E-state index contributed by atoms with van der Waals surface area (Å²) in [4.78, 5) is 16.3. The van der Waals surface area contributed by atoms with Gasteiger partial charge in [-0.1, -0.05) is 11.6 Å². The summed E-state index contributed by atoms with van der Waals surface area (Å²) in [5, 5.41) is 12.7. The molecule has 2 aliphatic rings. The maximum Gasteiger partial charge on any atom is 0.324 e. The Kier molecular flexibility index (Phi) is 3.52. The van der Waals surface area contributed by atoms with Crippen molar-refractivity contribution in [3.63, 3.8) is 0 Å². The number of amides is 2.